The number of pyridine rings is 1. The monoisotopic (exact) mass is 707 g/mol. The van der Waals surface area contributed by atoms with E-state index in [0.29, 0.717) is 20.6 Å². The van der Waals surface area contributed by atoms with Gasteiger partial charge in [0.1, 0.15) is 17.1 Å². The summed E-state index contributed by atoms with van der Waals surface area (Å²) in [6.07, 6.45) is 3.31. The fraction of sp³-hybridized carbons (Fsp3) is 0.292. The van der Waals surface area contributed by atoms with Crippen LogP contribution >= 0.6 is 46.6 Å². The van der Waals surface area contributed by atoms with Crippen molar-refractivity contribution in [2.75, 3.05) is 11.5 Å². The summed E-state index contributed by atoms with van der Waals surface area (Å²) in [4.78, 5) is 76.3. The lowest BCUT2D eigenvalue weighted by molar-refractivity contribution is -0.684. The molecule has 2 aliphatic heterocycles. The van der Waals surface area contributed by atoms with Gasteiger partial charge in [0.05, 0.1) is 0 Å². The quantitative estimate of drug-likeness (QED) is 0.0686. The third kappa shape index (κ3) is 6.78. The lowest BCUT2D eigenvalue weighted by atomic mass is 10.0. The number of aromatic nitrogens is 5. The van der Waals surface area contributed by atoms with E-state index in [2.05, 4.69) is 29.2 Å². The fourth-order valence-corrected chi connectivity index (χ4v) is 7.65. The van der Waals surface area contributed by atoms with Gasteiger partial charge in [-0.25, -0.2) is 14.6 Å². The number of β-lactam (4-membered cyclic amide) rings is 1. The largest absolute Gasteiger partial charge is 0.478 e. The molecule has 0 radical (unpaired) electrons. The normalized spacial score (nSPS) is 18.1. The van der Waals surface area contributed by atoms with Crippen molar-refractivity contribution in [3.63, 3.8) is 0 Å². The first-order valence-corrected chi connectivity index (χ1v) is 16.3. The van der Waals surface area contributed by atoms with Crippen molar-refractivity contribution in [1.29, 1.82) is 0 Å². The van der Waals surface area contributed by atoms with Crippen LogP contribution in [0.1, 0.15) is 19.7 Å². The third-order valence-electron chi connectivity index (χ3n) is 6.28. The maximum absolute atomic E-state index is 13.2. The lowest BCUT2D eigenvalue weighted by Gasteiger charge is -2.49. The first kappa shape index (κ1) is 32.7. The van der Waals surface area contributed by atoms with E-state index in [0.717, 1.165) is 39.7 Å². The first-order valence-electron chi connectivity index (χ1n) is 12.9. The number of carbonyl (C=O) groups excluding carboxylic acids is 3. The Morgan fingerprint density at radius 1 is 1.20 bits per heavy atom. The molecule has 3 amide bonds. The van der Waals surface area contributed by atoms with Crippen LogP contribution in [0.25, 0.3) is 11.4 Å². The maximum atomic E-state index is 13.2. The Morgan fingerprint density at radius 3 is 2.52 bits per heavy atom. The number of nitrogen functional groups attached to an aromatic ring is 1. The van der Waals surface area contributed by atoms with Crippen molar-refractivity contribution in [2.24, 2.45) is 10.9 Å². The van der Waals surface area contributed by atoms with Crippen molar-refractivity contribution in [3.8, 4) is 11.4 Å². The van der Waals surface area contributed by atoms with E-state index in [4.69, 9.17) is 16.3 Å². The second-order valence-electron chi connectivity index (χ2n) is 9.95. The van der Waals surface area contributed by atoms with E-state index in [-0.39, 0.29) is 29.0 Å². The van der Waals surface area contributed by atoms with E-state index in [1.165, 1.54) is 25.6 Å². The second-order valence-corrected chi connectivity index (χ2v) is 13.9. The molecule has 1 unspecified atom stereocenters. The van der Waals surface area contributed by atoms with Crippen molar-refractivity contribution in [3.05, 3.63) is 41.0 Å². The number of rotatable bonds is 12. The summed E-state index contributed by atoms with van der Waals surface area (Å²) in [5.74, 6) is -4.51. The first-order chi connectivity index (χ1) is 21.7. The van der Waals surface area contributed by atoms with Gasteiger partial charge < -0.3 is 31.8 Å². The number of hydrogen-bond donors (Lipinski definition) is 5. The molecule has 18 nitrogen and oxygen atoms in total. The third-order valence-corrected chi connectivity index (χ3v) is 10.1. The van der Waals surface area contributed by atoms with Gasteiger partial charge in [0.2, 0.25) is 23.7 Å². The summed E-state index contributed by atoms with van der Waals surface area (Å²) in [5.41, 5.74) is 8.93. The standard InChI is InChI=1S/C24H22N10O8S4/c1-24(2,21(40)41)42-30-12(16-28-22(26)45-32-16)17(36)27-13-18(37)34-14(20(38)39)10(8-43-19(13)34)44-23-29-15(31-46-23)9-3-5-33(6-4-9)7-11(25)35/h3-6,13,19H,7-8H2,1-2H3,(H6-,25,26,27,28,32,35,36,38,39,40,41)/p+1/b30-12+/t13-,19?/m1/s1. The number of fused-ring (bicyclic) bond motifs is 1. The Hall–Kier alpha value is -4.67. The number of oxime groups is 1. The van der Waals surface area contributed by atoms with Crippen LogP contribution in [-0.4, -0.2) is 92.0 Å². The molecule has 1 saturated heterocycles. The van der Waals surface area contributed by atoms with Gasteiger partial charge in [0, 0.05) is 39.9 Å². The molecular formula is C24H23N10O8S4+. The highest BCUT2D eigenvalue weighted by molar-refractivity contribution is 8.07. The number of primary amides is 1. The predicted octanol–water partition coefficient (Wildman–Crippen LogP) is -0.516. The molecule has 46 heavy (non-hydrogen) atoms. The van der Waals surface area contributed by atoms with Gasteiger partial charge in [-0.1, -0.05) is 16.9 Å². The number of nitrogens with two attached hydrogens (primary N) is 2. The zero-order chi connectivity index (χ0) is 33.3. The zero-order valence-corrected chi connectivity index (χ0v) is 26.9. The Kier molecular flexibility index (Phi) is 9.23. The van der Waals surface area contributed by atoms with E-state index < -0.39 is 52.4 Å². The molecule has 0 aliphatic carbocycles. The minimum atomic E-state index is -1.81. The smallest absolute Gasteiger partial charge is 0.353 e. The average Bonchev–Trinajstić information content (AvgIpc) is 3.64. The molecule has 2 aliphatic rings. The van der Waals surface area contributed by atoms with E-state index in [9.17, 15) is 34.2 Å². The molecule has 5 rings (SSSR count). The topological polar surface area (TPSA) is 270 Å². The highest BCUT2D eigenvalue weighted by Gasteiger charge is 2.55. The summed E-state index contributed by atoms with van der Waals surface area (Å²) in [6.45, 7) is 2.44. The molecule has 0 aromatic carbocycles. The molecule has 3 aromatic rings. The van der Waals surface area contributed by atoms with Crippen LogP contribution in [0.2, 0.25) is 0 Å². The van der Waals surface area contributed by atoms with Crippen LogP contribution in [0.15, 0.2) is 44.6 Å². The van der Waals surface area contributed by atoms with Gasteiger partial charge in [-0.3, -0.25) is 19.3 Å². The lowest BCUT2D eigenvalue weighted by Crippen LogP contribution is -2.71. The molecule has 2 atom stereocenters. The van der Waals surface area contributed by atoms with Crippen LogP contribution < -0.4 is 21.4 Å². The van der Waals surface area contributed by atoms with Crippen LogP contribution in [-0.2, 0) is 35.4 Å². The number of carbonyl (C=O) groups is 5. The van der Waals surface area contributed by atoms with Gasteiger partial charge in [-0.15, -0.1) is 11.8 Å². The molecule has 240 valence electrons. The molecule has 22 heteroatoms. The van der Waals surface area contributed by atoms with E-state index in [1.807, 2.05) is 0 Å². The minimum absolute atomic E-state index is 0.00246. The summed E-state index contributed by atoms with van der Waals surface area (Å²) >= 11 is 4.10. The number of aliphatic carboxylic acids is 2. The predicted molar refractivity (Wildman–Crippen MR) is 164 cm³/mol. The maximum Gasteiger partial charge on any atom is 0.353 e. The molecule has 0 spiro atoms. The molecule has 0 saturated carbocycles. The minimum Gasteiger partial charge on any atom is -0.478 e. The highest BCUT2D eigenvalue weighted by Crippen LogP contribution is 2.45. The SMILES string of the molecule is CC(C)(O/N=C(/C(=O)N[C@@H]1C(=O)N2C(C(=O)O)=C(Sc3nc(-c4cc[n+](CC(N)=O)cc4)ns3)CSC12)c1nsc(N)n1)C(=O)O. The number of amides is 3. The van der Waals surface area contributed by atoms with Crippen molar-refractivity contribution < 1.29 is 43.6 Å². The van der Waals surface area contributed by atoms with Gasteiger partial charge in [0.25, 0.3) is 17.7 Å². The van der Waals surface area contributed by atoms with Crippen LogP contribution in [0, 0.1) is 0 Å². The Morgan fingerprint density at radius 2 is 1.91 bits per heavy atom. The number of nitrogens with zero attached hydrogens (tertiary/aromatic N) is 7. The molecule has 1 fully saturated rings. The number of hydrogen-bond acceptors (Lipinski definition) is 16. The zero-order valence-electron chi connectivity index (χ0n) is 23.6. The second kappa shape index (κ2) is 13.0. The summed E-state index contributed by atoms with van der Waals surface area (Å²) in [6, 6.07) is 2.28. The molecule has 3 aromatic heterocycles. The van der Waals surface area contributed by atoms with E-state index >= 15 is 0 Å². The van der Waals surface area contributed by atoms with Crippen molar-refractivity contribution in [1.82, 2.24) is 28.9 Å². The number of carboxylic acids is 2. The van der Waals surface area contributed by atoms with Gasteiger partial charge in [-0.2, -0.15) is 18.3 Å². The fourth-order valence-electron chi connectivity index (χ4n) is 3.96. The number of thioether (sulfide) groups is 2. The number of carboxylic acid groups (broad SMARTS) is 2. The molecular weight excluding hydrogens is 685 g/mol. The van der Waals surface area contributed by atoms with Crippen molar-refractivity contribution >= 4 is 87.1 Å². The average molecular weight is 708 g/mol. The molecule has 7 N–H and O–H groups in total. The number of anilines is 1. The summed E-state index contributed by atoms with van der Waals surface area (Å²) in [7, 11) is 0. The van der Waals surface area contributed by atoms with Crippen molar-refractivity contribution in [2.45, 2.75) is 41.7 Å². The Labute approximate surface area is 275 Å². The Bertz CT molecular complexity index is 1810. The van der Waals surface area contributed by atoms with Crippen LogP contribution in [0.4, 0.5) is 5.13 Å². The van der Waals surface area contributed by atoms with Crippen LogP contribution in [0.5, 0.6) is 0 Å². The highest BCUT2D eigenvalue weighted by atomic mass is 32.2. The van der Waals surface area contributed by atoms with Gasteiger partial charge >= 0.3 is 11.9 Å². The molecule has 5 heterocycles. The van der Waals surface area contributed by atoms with Crippen LogP contribution in [0.3, 0.4) is 0 Å². The van der Waals surface area contributed by atoms with E-state index in [1.54, 1.807) is 29.1 Å². The van der Waals surface area contributed by atoms with Gasteiger partial charge in [0.15, 0.2) is 27.7 Å². The molecule has 0 bridgehead atoms. The summed E-state index contributed by atoms with van der Waals surface area (Å²) in [5, 5.41) is 24.8. The number of nitrogens with one attached hydrogen (secondary N) is 1. The van der Waals surface area contributed by atoms with Gasteiger partial charge in [-0.05, 0) is 25.4 Å². The summed E-state index contributed by atoms with van der Waals surface area (Å²) < 4.78 is 10.3. The Balaban J connectivity index is 1.31.